The molecule has 0 fully saturated rings. The van der Waals surface area contributed by atoms with Gasteiger partial charge in [0, 0.05) is 50.2 Å². The zero-order valence-corrected chi connectivity index (χ0v) is 33.4. The molecule has 8 aromatic rings. The number of rotatable bonds is 4. The quantitative estimate of drug-likeness (QED) is 0.165. The Bertz CT molecular complexity index is 2500. The summed E-state index contributed by atoms with van der Waals surface area (Å²) in [5.74, 6) is -0.818. The van der Waals surface area contributed by atoms with Crippen molar-refractivity contribution in [3.8, 4) is 33.6 Å². The van der Waals surface area contributed by atoms with Crippen molar-refractivity contribution in [2.75, 3.05) is 0 Å². The first kappa shape index (κ1) is 34.9. The van der Waals surface area contributed by atoms with Crippen molar-refractivity contribution in [2.45, 2.75) is 66.7 Å². The van der Waals surface area contributed by atoms with Crippen molar-refractivity contribution in [3.05, 3.63) is 137 Å². The van der Waals surface area contributed by atoms with E-state index in [1.807, 2.05) is 87.8 Å². The van der Waals surface area contributed by atoms with Gasteiger partial charge in [0.25, 0.3) is 0 Å². The summed E-state index contributed by atoms with van der Waals surface area (Å²) in [5, 5.41) is 3.24. The molecule has 0 aliphatic heterocycles. The van der Waals surface area contributed by atoms with Crippen LogP contribution >= 0.6 is 11.3 Å². The van der Waals surface area contributed by atoms with Gasteiger partial charge in [-0.3, -0.25) is 0 Å². The normalized spacial score (nSPS) is 12.0. The molecule has 0 spiro atoms. The molecule has 0 atom stereocenters. The van der Waals surface area contributed by atoms with Crippen molar-refractivity contribution in [3.63, 3.8) is 0 Å². The summed E-state index contributed by atoms with van der Waals surface area (Å²) in [6, 6.07) is 34.9. The first-order valence-electron chi connectivity index (χ1n) is 17.4. The van der Waals surface area contributed by atoms with E-state index in [4.69, 9.17) is 15.8 Å². The summed E-state index contributed by atoms with van der Waals surface area (Å²) in [6.45, 7) is 16.7. The average Bonchev–Trinajstić information content (AvgIpc) is 3.71. The molecule has 4 aromatic carbocycles. The van der Waals surface area contributed by atoms with Crippen LogP contribution in [0.2, 0.25) is 0 Å². The first-order valence-corrected chi connectivity index (χ1v) is 17.8. The Hall–Kier alpha value is -4.48. The van der Waals surface area contributed by atoms with Crippen LogP contribution in [0.1, 0.15) is 69.1 Å². The van der Waals surface area contributed by atoms with Crippen LogP contribution in [0.4, 0.5) is 0 Å². The molecule has 4 nitrogen and oxygen atoms in total. The van der Waals surface area contributed by atoms with E-state index in [-0.39, 0.29) is 25.5 Å². The van der Waals surface area contributed by atoms with Gasteiger partial charge >= 0.3 is 0 Å². The number of nitrogens with zero attached hydrogens (tertiary/aromatic N) is 3. The summed E-state index contributed by atoms with van der Waals surface area (Å²) >= 11 is 1.74. The first-order chi connectivity index (χ1) is 24.3. The Morgan fingerprint density at radius 2 is 1.59 bits per heavy atom. The molecule has 0 saturated carbocycles. The van der Waals surface area contributed by atoms with Gasteiger partial charge in [0.15, 0.2) is 0 Å². The SMILES string of the molecule is Cc1ccc(-c2[c-]cccc2)nc1.[2H]C(C)(C)c1cc(-c2[c-]ccc3c2oc2ccc4nc(C(C)(C)C)sc4c23)ncc1-c1c(C)cccc1C.[Ir]. The molecule has 4 aromatic heterocycles. The molecule has 0 saturated heterocycles. The molecule has 0 amide bonds. The Balaban J connectivity index is 0.000000279. The standard InChI is InChI=1S/C33H31N2OS.C12H10N.Ir/c1-18(2)23-16-26(34-17-24(23)28-19(3)10-8-11-20(28)4)21-12-9-13-22-29-27(36-30(21)22)15-14-25-31(29)37-32(35-25)33(5,6)7;1-10-7-8-12(13-9-10)11-5-3-2-4-6-11;/h8-11,13-18H,1-7H3;2-5,7-9H,1H3;/q2*-1;/i18D;;. The van der Waals surface area contributed by atoms with Crippen LogP contribution < -0.4 is 0 Å². The van der Waals surface area contributed by atoms with Crippen LogP contribution in [-0.2, 0) is 25.5 Å². The van der Waals surface area contributed by atoms with Gasteiger partial charge in [-0.15, -0.1) is 65.4 Å². The second-order valence-electron chi connectivity index (χ2n) is 14.1. The zero-order valence-electron chi connectivity index (χ0n) is 31.2. The number of hydrogen-bond donors (Lipinski definition) is 0. The number of hydrogen-bond acceptors (Lipinski definition) is 5. The van der Waals surface area contributed by atoms with Crippen molar-refractivity contribution < 1.29 is 25.9 Å². The fourth-order valence-electron chi connectivity index (χ4n) is 6.35. The molecule has 4 heterocycles. The van der Waals surface area contributed by atoms with Gasteiger partial charge in [-0.2, -0.15) is 0 Å². The summed E-state index contributed by atoms with van der Waals surface area (Å²) in [6.07, 6.45) is 3.79. The number of aryl methyl sites for hydroxylation is 3. The van der Waals surface area contributed by atoms with E-state index < -0.39 is 5.89 Å². The summed E-state index contributed by atoms with van der Waals surface area (Å²) < 4.78 is 16.6. The third kappa shape index (κ3) is 7.19. The van der Waals surface area contributed by atoms with E-state index >= 15 is 0 Å². The third-order valence-electron chi connectivity index (χ3n) is 8.94. The second-order valence-corrected chi connectivity index (χ2v) is 15.1. The molecule has 8 rings (SSSR count). The van der Waals surface area contributed by atoms with Crippen LogP contribution in [0.15, 0.2) is 102 Å². The van der Waals surface area contributed by atoms with Crippen LogP contribution in [0.25, 0.3) is 65.8 Å². The van der Waals surface area contributed by atoms with E-state index in [0.29, 0.717) is 0 Å². The monoisotopic (exact) mass is 865 g/mol. The van der Waals surface area contributed by atoms with Gasteiger partial charge in [-0.25, -0.2) is 4.98 Å². The third-order valence-corrected chi connectivity index (χ3v) is 10.5. The predicted octanol–water partition coefficient (Wildman–Crippen LogP) is 12.6. The maximum atomic E-state index is 8.99. The minimum Gasteiger partial charge on any atom is -0.501 e. The molecule has 0 N–H and O–H groups in total. The van der Waals surface area contributed by atoms with Crippen molar-refractivity contribution >= 4 is 43.5 Å². The second kappa shape index (κ2) is 14.6. The fraction of sp³-hybridized carbons (Fsp3) is 0.222. The molecule has 6 heteroatoms. The molecule has 259 valence electrons. The van der Waals surface area contributed by atoms with Gasteiger partial charge < -0.3 is 14.4 Å². The number of pyridine rings is 2. The van der Waals surface area contributed by atoms with E-state index in [1.165, 1.54) is 16.7 Å². The number of aromatic nitrogens is 3. The molecule has 0 aliphatic carbocycles. The van der Waals surface area contributed by atoms with Gasteiger partial charge in [0.2, 0.25) is 0 Å². The van der Waals surface area contributed by atoms with Gasteiger partial charge in [-0.1, -0.05) is 82.0 Å². The average molecular weight is 865 g/mol. The Morgan fingerprint density at radius 3 is 2.25 bits per heavy atom. The zero-order chi connectivity index (χ0) is 36.1. The predicted molar refractivity (Wildman–Crippen MR) is 210 cm³/mol. The number of thiazole rings is 1. The Kier molecular flexibility index (Phi) is 10.0. The van der Waals surface area contributed by atoms with E-state index in [1.54, 1.807) is 11.3 Å². The Morgan fingerprint density at radius 1 is 0.824 bits per heavy atom. The molecular weight excluding hydrogens is 823 g/mol. The van der Waals surface area contributed by atoms with E-state index in [9.17, 15) is 0 Å². The summed E-state index contributed by atoms with van der Waals surface area (Å²) in [7, 11) is 0. The van der Waals surface area contributed by atoms with Crippen molar-refractivity contribution in [2.24, 2.45) is 0 Å². The number of fused-ring (bicyclic) bond motifs is 5. The minimum atomic E-state index is -0.818. The van der Waals surface area contributed by atoms with Crippen LogP contribution in [0.5, 0.6) is 0 Å². The molecular formula is C45H41IrN3OS-2. The smallest absolute Gasteiger partial charge is 0.122 e. The molecule has 0 unspecified atom stereocenters. The fourth-order valence-corrected chi connectivity index (χ4v) is 7.52. The van der Waals surface area contributed by atoms with Gasteiger partial charge in [0.1, 0.15) is 5.58 Å². The van der Waals surface area contributed by atoms with E-state index in [0.717, 1.165) is 76.4 Å². The summed E-state index contributed by atoms with van der Waals surface area (Å²) in [5.41, 5.74) is 12.8. The van der Waals surface area contributed by atoms with Gasteiger partial charge in [0.05, 0.1) is 20.8 Å². The van der Waals surface area contributed by atoms with Crippen molar-refractivity contribution in [1.29, 1.82) is 0 Å². The van der Waals surface area contributed by atoms with Crippen LogP contribution in [-0.4, -0.2) is 15.0 Å². The Labute approximate surface area is 319 Å². The molecule has 0 aliphatic rings. The maximum Gasteiger partial charge on any atom is 0.122 e. The molecule has 51 heavy (non-hydrogen) atoms. The topological polar surface area (TPSA) is 51.8 Å². The minimum absolute atomic E-state index is 0. The van der Waals surface area contributed by atoms with E-state index in [2.05, 4.69) is 82.1 Å². The molecule has 1 radical (unpaired) electrons. The summed E-state index contributed by atoms with van der Waals surface area (Å²) in [4.78, 5) is 14.2. The van der Waals surface area contributed by atoms with Crippen LogP contribution in [0, 0.1) is 32.9 Å². The molecule has 0 bridgehead atoms. The number of furan rings is 1. The largest absolute Gasteiger partial charge is 0.501 e. The number of benzene rings is 4. The van der Waals surface area contributed by atoms with Crippen LogP contribution in [0.3, 0.4) is 0 Å². The van der Waals surface area contributed by atoms with Crippen molar-refractivity contribution in [1.82, 2.24) is 15.0 Å². The van der Waals surface area contributed by atoms with Gasteiger partial charge in [-0.05, 0) is 78.0 Å². The maximum absolute atomic E-state index is 8.99.